The highest BCUT2D eigenvalue weighted by molar-refractivity contribution is 5.59. The summed E-state index contributed by atoms with van der Waals surface area (Å²) in [6.45, 7) is 4.12. The number of aromatic nitrogens is 2. The quantitative estimate of drug-likeness (QED) is 0.638. The maximum absolute atomic E-state index is 10.8. The second-order valence-electron chi connectivity index (χ2n) is 6.92. The second kappa shape index (κ2) is 6.76. The zero-order valence-electron chi connectivity index (χ0n) is 14.4. The molecule has 0 aliphatic heterocycles. The summed E-state index contributed by atoms with van der Waals surface area (Å²) in [7, 11) is 0. The lowest BCUT2D eigenvalue weighted by Crippen LogP contribution is -2.36. The smallest absolute Gasteiger partial charge is 0.269 e. The number of aliphatic hydroxyl groups excluding tert-OH is 1. The van der Waals surface area contributed by atoms with Crippen LogP contribution >= 0.6 is 0 Å². The lowest BCUT2D eigenvalue weighted by Gasteiger charge is -2.30. The fourth-order valence-electron chi connectivity index (χ4n) is 3.35. The number of nitrogens with zero attached hydrogens (tertiary/aromatic N) is 3. The molecule has 1 fully saturated rings. The van der Waals surface area contributed by atoms with Crippen LogP contribution in [0.4, 0.5) is 11.5 Å². The van der Waals surface area contributed by atoms with Crippen LogP contribution in [0.25, 0.3) is 11.4 Å². The summed E-state index contributed by atoms with van der Waals surface area (Å²) >= 11 is 0. The van der Waals surface area contributed by atoms with Crippen LogP contribution in [0.3, 0.4) is 0 Å². The van der Waals surface area contributed by atoms with Gasteiger partial charge in [-0.2, -0.15) is 0 Å². The molecule has 0 unspecified atom stereocenters. The summed E-state index contributed by atoms with van der Waals surface area (Å²) in [6, 6.07) is 8.26. The van der Waals surface area contributed by atoms with Crippen molar-refractivity contribution in [1.82, 2.24) is 9.97 Å². The van der Waals surface area contributed by atoms with Gasteiger partial charge in [-0.05, 0) is 31.9 Å². The average molecular weight is 342 g/mol. The van der Waals surface area contributed by atoms with Gasteiger partial charge in [0.05, 0.1) is 11.5 Å². The minimum Gasteiger partial charge on any atom is -0.396 e. The molecule has 7 nitrogen and oxygen atoms in total. The molecular formula is C18H22N4O3. The van der Waals surface area contributed by atoms with Crippen molar-refractivity contribution >= 4 is 11.5 Å². The minimum atomic E-state index is -0.427. The maximum atomic E-state index is 10.8. The molecule has 132 valence electrons. The second-order valence-corrected chi connectivity index (χ2v) is 6.92. The van der Waals surface area contributed by atoms with Crippen molar-refractivity contribution in [3.8, 4) is 11.4 Å². The number of nitro benzene ring substituents is 1. The molecule has 1 aliphatic carbocycles. The van der Waals surface area contributed by atoms with Crippen LogP contribution in [0, 0.1) is 22.5 Å². The third kappa shape index (κ3) is 3.61. The van der Waals surface area contributed by atoms with Crippen LogP contribution in [0.5, 0.6) is 0 Å². The summed E-state index contributed by atoms with van der Waals surface area (Å²) < 4.78 is 0. The summed E-state index contributed by atoms with van der Waals surface area (Å²) in [5.41, 5.74) is 1.44. The predicted octanol–water partition coefficient (Wildman–Crippen LogP) is 3.32. The maximum Gasteiger partial charge on any atom is 0.269 e. The third-order valence-electron chi connectivity index (χ3n) is 4.96. The van der Waals surface area contributed by atoms with Crippen LogP contribution in [0.15, 0.2) is 30.3 Å². The average Bonchev–Trinajstić information content (AvgIpc) is 2.96. The Labute approximate surface area is 146 Å². The minimum absolute atomic E-state index is 0.0411. The van der Waals surface area contributed by atoms with E-state index in [0.29, 0.717) is 11.6 Å². The molecule has 2 aromatic rings. The summed E-state index contributed by atoms with van der Waals surface area (Å²) in [6.07, 6.45) is 3.06. The highest BCUT2D eigenvalue weighted by Crippen LogP contribution is 2.39. The van der Waals surface area contributed by atoms with Gasteiger partial charge in [-0.15, -0.1) is 0 Å². The fraction of sp³-hybridized carbons (Fsp3) is 0.444. The molecule has 0 bridgehead atoms. The normalized spacial score (nSPS) is 22.8. The molecule has 1 aromatic heterocycles. The van der Waals surface area contributed by atoms with Crippen LogP contribution < -0.4 is 5.32 Å². The van der Waals surface area contributed by atoms with Crippen molar-refractivity contribution < 1.29 is 10.0 Å². The van der Waals surface area contributed by atoms with E-state index in [4.69, 9.17) is 0 Å². The molecule has 2 N–H and O–H groups in total. The first kappa shape index (κ1) is 17.3. The first-order chi connectivity index (χ1) is 11.9. The largest absolute Gasteiger partial charge is 0.396 e. The molecule has 0 saturated heterocycles. The van der Waals surface area contributed by atoms with E-state index in [0.717, 1.165) is 30.5 Å². The standard InChI is InChI=1S/C18H22N4O3/c1-12-10-16(20-15-4-3-9-18(15,2)11-23)21-17(19-12)13-5-7-14(8-6-13)22(24)25/h5-8,10,15,23H,3-4,9,11H2,1-2H3,(H,19,20,21)/t15-,18-/m0/s1. The van der Waals surface area contributed by atoms with Gasteiger partial charge in [0.25, 0.3) is 5.69 Å². The number of nitrogens with one attached hydrogen (secondary N) is 1. The third-order valence-corrected chi connectivity index (χ3v) is 4.96. The molecule has 1 aliphatic rings. The van der Waals surface area contributed by atoms with E-state index in [-0.39, 0.29) is 23.8 Å². The Hall–Kier alpha value is -2.54. The van der Waals surface area contributed by atoms with Crippen LogP contribution in [0.1, 0.15) is 31.9 Å². The van der Waals surface area contributed by atoms with E-state index in [1.165, 1.54) is 12.1 Å². The SMILES string of the molecule is Cc1cc(N[C@H]2CCC[C@@]2(C)CO)nc(-c2ccc([N+](=O)[O-])cc2)n1. The number of aryl methyl sites for hydroxylation is 1. The van der Waals surface area contributed by atoms with Crippen LogP contribution in [-0.4, -0.2) is 32.6 Å². The molecule has 1 aromatic carbocycles. The van der Waals surface area contributed by atoms with Crippen molar-refractivity contribution in [1.29, 1.82) is 0 Å². The van der Waals surface area contributed by atoms with Gasteiger partial charge in [0, 0.05) is 40.9 Å². The molecular weight excluding hydrogens is 320 g/mol. The topological polar surface area (TPSA) is 101 Å². The molecule has 25 heavy (non-hydrogen) atoms. The summed E-state index contributed by atoms with van der Waals surface area (Å²) in [5, 5.41) is 23.9. The molecule has 0 radical (unpaired) electrons. The van der Waals surface area contributed by atoms with E-state index in [2.05, 4.69) is 22.2 Å². The number of hydrogen-bond acceptors (Lipinski definition) is 6. The molecule has 7 heteroatoms. The first-order valence-electron chi connectivity index (χ1n) is 8.39. The van der Waals surface area contributed by atoms with Gasteiger partial charge < -0.3 is 10.4 Å². The lowest BCUT2D eigenvalue weighted by atomic mass is 9.86. The Morgan fingerprint density at radius 3 is 2.72 bits per heavy atom. The molecule has 0 spiro atoms. The van der Waals surface area contributed by atoms with Gasteiger partial charge in [-0.1, -0.05) is 13.3 Å². The van der Waals surface area contributed by atoms with Crippen molar-refractivity contribution in [2.75, 3.05) is 11.9 Å². The molecule has 0 amide bonds. The van der Waals surface area contributed by atoms with Gasteiger partial charge in [-0.3, -0.25) is 10.1 Å². The number of aliphatic hydroxyl groups is 1. The Kier molecular flexibility index (Phi) is 4.67. The Morgan fingerprint density at radius 1 is 1.36 bits per heavy atom. The van der Waals surface area contributed by atoms with Gasteiger partial charge in [0.1, 0.15) is 5.82 Å². The molecule has 1 heterocycles. The number of rotatable bonds is 5. The molecule has 3 rings (SSSR count). The zero-order valence-corrected chi connectivity index (χ0v) is 14.4. The highest BCUT2D eigenvalue weighted by Gasteiger charge is 2.38. The van der Waals surface area contributed by atoms with Crippen molar-refractivity contribution in [3.05, 3.63) is 46.1 Å². The monoisotopic (exact) mass is 342 g/mol. The number of nitro groups is 1. The van der Waals surface area contributed by atoms with Crippen LogP contribution in [0.2, 0.25) is 0 Å². The van der Waals surface area contributed by atoms with Crippen molar-refractivity contribution in [2.24, 2.45) is 5.41 Å². The molecule has 2 atom stereocenters. The predicted molar refractivity (Wildman–Crippen MR) is 95.3 cm³/mol. The van der Waals surface area contributed by atoms with E-state index in [1.807, 2.05) is 13.0 Å². The zero-order chi connectivity index (χ0) is 18.0. The van der Waals surface area contributed by atoms with E-state index in [1.54, 1.807) is 12.1 Å². The number of hydrogen-bond donors (Lipinski definition) is 2. The van der Waals surface area contributed by atoms with E-state index >= 15 is 0 Å². The van der Waals surface area contributed by atoms with Gasteiger partial charge in [0.15, 0.2) is 5.82 Å². The summed E-state index contributed by atoms with van der Waals surface area (Å²) in [4.78, 5) is 19.4. The van der Waals surface area contributed by atoms with Crippen molar-refractivity contribution in [2.45, 2.75) is 39.2 Å². The Morgan fingerprint density at radius 2 is 2.08 bits per heavy atom. The fourth-order valence-corrected chi connectivity index (χ4v) is 3.35. The summed E-state index contributed by atoms with van der Waals surface area (Å²) in [5.74, 6) is 1.24. The van der Waals surface area contributed by atoms with Crippen LogP contribution in [-0.2, 0) is 0 Å². The van der Waals surface area contributed by atoms with Gasteiger partial charge in [0.2, 0.25) is 0 Å². The van der Waals surface area contributed by atoms with Gasteiger partial charge in [-0.25, -0.2) is 9.97 Å². The van der Waals surface area contributed by atoms with Crippen molar-refractivity contribution in [3.63, 3.8) is 0 Å². The number of benzene rings is 1. The first-order valence-corrected chi connectivity index (χ1v) is 8.39. The van der Waals surface area contributed by atoms with E-state index < -0.39 is 4.92 Å². The highest BCUT2D eigenvalue weighted by atomic mass is 16.6. The lowest BCUT2D eigenvalue weighted by molar-refractivity contribution is -0.384. The Bertz CT molecular complexity index is 778. The van der Waals surface area contributed by atoms with E-state index in [9.17, 15) is 15.2 Å². The van der Waals surface area contributed by atoms with Gasteiger partial charge >= 0.3 is 0 Å². The Balaban J connectivity index is 1.87. The number of anilines is 1. The number of non-ortho nitro benzene ring substituents is 1. The molecule has 1 saturated carbocycles.